The lowest BCUT2D eigenvalue weighted by molar-refractivity contribution is 0.0234. The van der Waals surface area contributed by atoms with Gasteiger partial charge in [0.15, 0.2) is 0 Å². The molecule has 0 radical (unpaired) electrons. The van der Waals surface area contributed by atoms with E-state index in [0.29, 0.717) is 16.8 Å². The van der Waals surface area contributed by atoms with Crippen LogP contribution in [0.1, 0.15) is 46.5 Å². The van der Waals surface area contributed by atoms with E-state index < -0.39 is 12.7 Å². The molecule has 9 nitrogen and oxygen atoms in total. The standard InChI is InChI=1S/C31H40ClN6O3P/c1-30(2,3)41-29(39)35-22-19-31(20-22)13-16-38(17-14-31)25-11-10-21(18-23(25)32)34-28-33-15-12-27(37-28)36-24-8-6-7-9-26(24)42(4,5)40/h6-12,15,18,22H,13-14,16-17,19-20H2,1-5H3,(H,35,39)(H2,33,34,36,37). The van der Waals surface area contributed by atoms with Crippen molar-refractivity contribution in [3.8, 4) is 0 Å². The Morgan fingerprint density at radius 2 is 1.79 bits per heavy atom. The van der Waals surface area contributed by atoms with E-state index in [1.807, 2.05) is 63.2 Å². The van der Waals surface area contributed by atoms with Crippen LogP contribution in [0.4, 0.5) is 33.6 Å². The summed E-state index contributed by atoms with van der Waals surface area (Å²) < 4.78 is 18.1. The number of anilines is 5. The number of amides is 1. The van der Waals surface area contributed by atoms with Gasteiger partial charge in [0, 0.05) is 36.3 Å². The number of ether oxygens (including phenoxy) is 1. The van der Waals surface area contributed by atoms with Gasteiger partial charge in [0.05, 0.1) is 16.4 Å². The van der Waals surface area contributed by atoms with Crippen LogP contribution >= 0.6 is 18.7 Å². The summed E-state index contributed by atoms with van der Waals surface area (Å²) in [6.07, 6.45) is 5.46. The summed E-state index contributed by atoms with van der Waals surface area (Å²) in [7, 11) is -2.46. The van der Waals surface area contributed by atoms with E-state index in [1.165, 1.54) is 0 Å². The van der Waals surface area contributed by atoms with Crippen LogP contribution in [0.2, 0.25) is 5.02 Å². The highest BCUT2D eigenvalue weighted by Gasteiger charge is 2.46. The Kier molecular flexibility index (Phi) is 8.46. The minimum Gasteiger partial charge on any atom is -0.444 e. The Labute approximate surface area is 253 Å². The summed E-state index contributed by atoms with van der Waals surface area (Å²) >= 11 is 6.76. The fourth-order valence-corrected chi connectivity index (χ4v) is 7.29. The first-order valence-corrected chi connectivity index (χ1v) is 17.3. The molecule has 224 valence electrons. The van der Waals surface area contributed by atoms with Gasteiger partial charge in [-0.1, -0.05) is 23.7 Å². The average Bonchev–Trinajstić information content (AvgIpc) is 2.87. The lowest BCUT2D eigenvalue weighted by Gasteiger charge is -2.52. The van der Waals surface area contributed by atoms with E-state index in [0.717, 1.165) is 61.1 Å². The van der Waals surface area contributed by atoms with Gasteiger partial charge >= 0.3 is 6.09 Å². The molecule has 0 atom stereocenters. The fraction of sp³-hybridized carbons (Fsp3) is 0.452. The van der Waals surface area contributed by atoms with Crippen molar-refractivity contribution >= 4 is 59.0 Å². The first-order chi connectivity index (χ1) is 19.8. The molecular weight excluding hydrogens is 571 g/mol. The van der Waals surface area contributed by atoms with Crippen molar-refractivity contribution < 1.29 is 14.1 Å². The van der Waals surface area contributed by atoms with Gasteiger partial charge in [-0.3, -0.25) is 0 Å². The Bertz CT molecular complexity index is 1490. The highest BCUT2D eigenvalue weighted by atomic mass is 35.5. The molecule has 1 saturated heterocycles. The number of aromatic nitrogens is 2. The van der Waals surface area contributed by atoms with Crippen LogP contribution in [0.25, 0.3) is 0 Å². The molecule has 0 unspecified atom stereocenters. The fourth-order valence-electron chi connectivity index (χ4n) is 5.84. The van der Waals surface area contributed by atoms with Crippen LogP contribution in [0.5, 0.6) is 0 Å². The Hall–Kier alpha value is -3.29. The molecule has 3 N–H and O–H groups in total. The number of nitrogens with zero attached hydrogens (tertiary/aromatic N) is 3. The van der Waals surface area contributed by atoms with Crippen molar-refractivity contribution in [1.82, 2.24) is 15.3 Å². The first kappa shape index (κ1) is 30.2. The van der Waals surface area contributed by atoms with Crippen molar-refractivity contribution in [2.75, 3.05) is 42.0 Å². The third kappa shape index (κ3) is 7.37. The molecule has 1 saturated carbocycles. The molecule has 2 aliphatic rings. The monoisotopic (exact) mass is 610 g/mol. The van der Waals surface area contributed by atoms with E-state index in [9.17, 15) is 9.36 Å². The maximum absolute atomic E-state index is 12.7. The molecule has 2 heterocycles. The minimum absolute atomic E-state index is 0.186. The summed E-state index contributed by atoms with van der Waals surface area (Å²) in [5, 5.41) is 11.0. The molecule has 1 aliphatic heterocycles. The molecule has 1 amide bonds. The molecular formula is C31H40ClN6O3P. The van der Waals surface area contributed by atoms with Gasteiger partial charge in [0.2, 0.25) is 5.95 Å². The second-order valence-corrected chi connectivity index (χ2v) is 16.4. The van der Waals surface area contributed by atoms with Gasteiger partial charge in [0.1, 0.15) is 18.6 Å². The van der Waals surface area contributed by atoms with E-state index in [-0.39, 0.29) is 17.6 Å². The highest BCUT2D eigenvalue weighted by molar-refractivity contribution is 7.70. The van der Waals surface area contributed by atoms with Gasteiger partial charge in [-0.05, 0) is 102 Å². The van der Waals surface area contributed by atoms with E-state index in [2.05, 4.69) is 30.8 Å². The molecule has 2 fully saturated rings. The van der Waals surface area contributed by atoms with Crippen LogP contribution in [0, 0.1) is 5.41 Å². The summed E-state index contributed by atoms with van der Waals surface area (Å²) in [4.78, 5) is 23.4. The lowest BCUT2D eigenvalue weighted by atomic mass is 9.60. The zero-order chi connectivity index (χ0) is 30.1. The molecule has 11 heteroatoms. The van der Waals surface area contributed by atoms with Crippen LogP contribution in [-0.4, -0.2) is 54.1 Å². The van der Waals surface area contributed by atoms with E-state index >= 15 is 0 Å². The molecule has 5 rings (SSSR count). The largest absolute Gasteiger partial charge is 0.444 e. The van der Waals surface area contributed by atoms with Gasteiger partial charge < -0.3 is 30.2 Å². The number of carbonyl (C=O) groups is 1. The molecule has 1 spiro atoms. The molecule has 2 aromatic carbocycles. The zero-order valence-electron chi connectivity index (χ0n) is 24.9. The number of piperidine rings is 1. The van der Waals surface area contributed by atoms with Crippen molar-refractivity contribution in [2.24, 2.45) is 5.41 Å². The van der Waals surface area contributed by atoms with Crippen molar-refractivity contribution in [2.45, 2.75) is 58.1 Å². The summed E-state index contributed by atoms with van der Waals surface area (Å²) in [6, 6.07) is 15.4. The van der Waals surface area contributed by atoms with Crippen LogP contribution in [0.15, 0.2) is 54.7 Å². The predicted octanol–water partition coefficient (Wildman–Crippen LogP) is 7.14. The smallest absolute Gasteiger partial charge is 0.407 e. The Morgan fingerprint density at radius 1 is 1.07 bits per heavy atom. The normalized spacial score (nSPS) is 17.0. The van der Waals surface area contributed by atoms with Gasteiger partial charge in [0.25, 0.3) is 0 Å². The molecule has 42 heavy (non-hydrogen) atoms. The van der Waals surface area contributed by atoms with E-state index in [4.69, 9.17) is 16.3 Å². The number of alkyl carbamates (subject to hydrolysis) is 1. The van der Waals surface area contributed by atoms with Gasteiger partial charge in [-0.15, -0.1) is 0 Å². The topological polar surface area (TPSA) is 108 Å². The SMILES string of the molecule is CC(C)(C)OC(=O)NC1CC2(CCN(c3ccc(Nc4nccc(Nc5ccccc5P(C)(C)=O)n4)cc3Cl)CC2)C1. The maximum Gasteiger partial charge on any atom is 0.407 e. The minimum atomic E-state index is -2.46. The number of rotatable bonds is 7. The second-order valence-electron chi connectivity index (χ2n) is 12.8. The Balaban J connectivity index is 1.16. The van der Waals surface area contributed by atoms with Crippen molar-refractivity contribution in [1.29, 1.82) is 0 Å². The average molecular weight is 611 g/mol. The van der Waals surface area contributed by atoms with Crippen LogP contribution in [0.3, 0.4) is 0 Å². The molecule has 1 aliphatic carbocycles. The number of carbonyl (C=O) groups excluding carboxylic acids is 1. The third-order valence-corrected chi connectivity index (χ3v) is 9.70. The first-order valence-electron chi connectivity index (χ1n) is 14.3. The Morgan fingerprint density at radius 3 is 2.45 bits per heavy atom. The number of para-hydroxylation sites is 1. The lowest BCUT2D eigenvalue weighted by Crippen LogP contribution is -2.55. The van der Waals surface area contributed by atoms with Crippen LogP contribution in [-0.2, 0) is 9.30 Å². The highest BCUT2D eigenvalue weighted by Crippen LogP contribution is 2.50. The second kappa shape index (κ2) is 11.8. The summed E-state index contributed by atoms with van der Waals surface area (Å²) in [5.74, 6) is 1.02. The molecule has 0 bridgehead atoms. The molecule has 3 aromatic rings. The van der Waals surface area contributed by atoms with Crippen LogP contribution < -0.4 is 26.2 Å². The summed E-state index contributed by atoms with van der Waals surface area (Å²) in [6.45, 7) is 11.0. The number of nitrogens with one attached hydrogen (secondary N) is 3. The van der Waals surface area contributed by atoms with Gasteiger partial charge in [-0.2, -0.15) is 4.98 Å². The summed E-state index contributed by atoms with van der Waals surface area (Å²) in [5.41, 5.74) is 2.36. The third-order valence-electron chi connectivity index (χ3n) is 7.85. The predicted molar refractivity (Wildman–Crippen MR) is 172 cm³/mol. The van der Waals surface area contributed by atoms with E-state index in [1.54, 1.807) is 25.6 Å². The molecule has 1 aromatic heterocycles. The van der Waals surface area contributed by atoms with Crippen molar-refractivity contribution in [3.63, 3.8) is 0 Å². The van der Waals surface area contributed by atoms with Gasteiger partial charge in [-0.25, -0.2) is 9.78 Å². The zero-order valence-corrected chi connectivity index (χ0v) is 26.6. The maximum atomic E-state index is 12.7. The number of hydrogen-bond acceptors (Lipinski definition) is 8. The quantitative estimate of drug-likeness (QED) is 0.242. The number of hydrogen-bond donors (Lipinski definition) is 3. The number of benzene rings is 2. The van der Waals surface area contributed by atoms with Crippen molar-refractivity contribution in [3.05, 3.63) is 59.8 Å². The number of halogens is 1.